The van der Waals surface area contributed by atoms with E-state index >= 15 is 0 Å². The van der Waals surface area contributed by atoms with Crippen LogP contribution in [0.1, 0.15) is 11.4 Å². The van der Waals surface area contributed by atoms with Crippen molar-refractivity contribution in [3.05, 3.63) is 68.2 Å². The summed E-state index contributed by atoms with van der Waals surface area (Å²) in [6.07, 6.45) is 2.35. The summed E-state index contributed by atoms with van der Waals surface area (Å²) in [6.45, 7) is 0. The molecule has 0 aliphatic rings. The third-order valence-corrected chi connectivity index (χ3v) is 5.00. The number of benzene rings is 1. The van der Waals surface area contributed by atoms with Crippen LogP contribution in [0, 0.1) is 17.5 Å². The summed E-state index contributed by atoms with van der Waals surface area (Å²) >= 11 is 6.91. The predicted molar refractivity (Wildman–Crippen MR) is 93.9 cm³/mol. The van der Waals surface area contributed by atoms with Gasteiger partial charge in [-0.15, -0.1) is 0 Å². The molecule has 11 heteroatoms. The van der Waals surface area contributed by atoms with Crippen molar-refractivity contribution in [2.45, 2.75) is 6.42 Å². The van der Waals surface area contributed by atoms with Gasteiger partial charge in [0.1, 0.15) is 27.6 Å². The van der Waals surface area contributed by atoms with Gasteiger partial charge in [-0.05, 0) is 0 Å². The van der Waals surface area contributed by atoms with Crippen molar-refractivity contribution in [3.8, 4) is 5.13 Å². The van der Waals surface area contributed by atoms with Crippen molar-refractivity contribution in [1.82, 2.24) is 24.1 Å². The van der Waals surface area contributed by atoms with Crippen molar-refractivity contribution >= 4 is 34.1 Å². The summed E-state index contributed by atoms with van der Waals surface area (Å²) in [5, 5.41) is 0.183. The molecule has 4 rings (SSSR count). The van der Waals surface area contributed by atoms with E-state index in [1.54, 1.807) is 7.05 Å². The number of imidazole rings is 1. The number of halogens is 4. The minimum absolute atomic E-state index is 0.0199. The molecule has 0 fully saturated rings. The number of thiazole rings is 1. The van der Waals surface area contributed by atoms with Gasteiger partial charge in [0.2, 0.25) is 0 Å². The van der Waals surface area contributed by atoms with Crippen molar-refractivity contribution in [2.75, 3.05) is 0 Å². The Hall–Kier alpha value is -2.72. The largest absolute Gasteiger partial charge is 0.318 e. The van der Waals surface area contributed by atoms with Gasteiger partial charge in [0.15, 0.2) is 16.3 Å². The number of aryl methyl sites for hydroxylation is 1. The van der Waals surface area contributed by atoms with Crippen LogP contribution in [-0.4, -0.2) is 24.1 Å². The third kappa shape index (κ3) is 3.00. The number of hydrogen-bond acceptors (Lipinski definition) is 5. The van der Waals surface area contributed by atoms with Crippen molar-refractivity contribution in [3.63, 3.8) is 0 Å². The molecule has 27 heavy (non-hydrogen) atoms. The normalized spacial score (nSPS) is 11.4. The fraction of sp³-hybridized carbons (Fsp3) is 0.125. The van der Waals surface area contributed by atoms with Gasteiger partial charge in [0.05, 0.1) is 12.5 Å². The molecule has 0 N–H and O–H groups in total. The Morgan fingerprint density at radius 3 is 2.52 bits per heavy atom. The molecule has 1 aromatic carbocycles. The maximum absolute atomic E-state index is 14.1. The lowest BCUT2D eigenvalue weighted by molar-refractivity contribution is 0.525. The fourth-order valence-corrected chi connectivity index (χ4v) is 3.59. The summed E-state index contributed by atoms with van der Waals surface area (Å²) in [7, 11) is 1.63. The Kier molecular flexibility index (Phi) is 4.23. The molecule has 0 saturated carbocycles. The Balaban J connectivity index is 1.99. The second-order valence-electron chi connectivity index (χ2n) is 5.67. The lowest BCUT2D eigenvalue weighted by atomic mass is 10.1. The monoisotopic (exact) mass is 411 g/mol. The van der Waals surface area contributed by atoms with E-state index in [1.165, 1.54) is 17.1 Å². The van der Waals surface area contributed by atoms with E-state index in [4.69, 9.17) is 11.6 Å². The van der Waals surface area contributed by atoms with E-state index in [-0.39, 0.29) is 22.1 Å². The molecular weight excluding hydrogens is 403 g/mol. The van der Waals surface area contributed by atoms with Crippen LogP contribution < -0.4 is 5.56 Å². The Morgan fingerprint density at radius 2 is 1.89 bits per heavy atom. The topological polar surface area (TPSA) is 65.6 Å². The summed E-state index contributed by atoms with van der Waals surface area (Å²) in [5.74, 6) is -3.16. The molecule has 0 bridgehead atoms. The number of hydrogen-bond donors (Lipinski definition) is 0. The molecular formula is C16H9ClF3N5OS. The van der Waals surface area contributed by atoms with Gasteiger partial charge in [-0.2, -0.15) is 0 Å². The third-order valence-electron chi connectivity index (χ3n) is 3.90. The maximum atomic E-state index is 14.1. The number of nitrogens with zero attached hydrogens (tertiary/aromatic N) is 5. The highest BCUT2D eigenvalue weighted by Crippen LogP contribution is 2.24. The number of rotatable bonds is 3. The van der Waals surface area contributed by atoms with Crippen LogP contribution in [0.5, 0.6) is 0 Å². The second kappa shape index (κ2) is 6.46. The summed E-state index contributed by atoms with van der Waals surface area (Å²) in [4.78, 5) is 25.3. The zero-order chi connectivity index (χ0) is 19.3. The van der Waals surface area contributed by atoms with Crippen LogP contribution in [0.2, 0.25) is 4.34 Å². The van der Waals surface area contributed by atoms with E-state index in [0.29, 0.717) is 16.5 Å². The molecule has 0 saturated heterocycles. The minimum atomic E-state index is -1.07. The fourth-order valence-electron chi connectivity index (χ4n) is 2.67. The molecule has 6 nitrogen and oxygen atoms in total. The van der Waals surface area contributed by atoms with Crippen molar-refractivity contribution in [1.29, 1.82) is 0 Å². The molecule has 0 unspecified atom stereocenters. The molecule has 0 aliphatic heterocycles. The maximum Gasteiger partial charge on any atom is 0.288 e. The lowest BCUT2D eigenvalue weighted by Crippen LogP contribution is -2.25. The zero-order valence-corrected chi connectivity index (χ0v) is 15.2. The first kappa shape index (κ1) is 17.7. The summed E-state index contributed by atoms with van der Waals surface area (Å²) in [6, 6.07) is 1.15. The molecule has 3 aromatic heterocycles. The van der Waals surface area contributed by atoms with Gasteiger partial charge < -0.3 is 4.57 Å². The summed E-state index contributed by atoms with van der Waals surface area (Å²) in [5.41, 5.74) is -0.643. The molecule has 0 radical (unpaired) electrons. The van der Waals surface area contributed by atoms with Crippen LogP contribution in [0.3, 0.4) is 0 Å². The Labute approximate surface area is 158 Å². The number of aromatic nitrogens is 5. The van der Waals surface area contributed by atoms with Gasteiger partial charge >= 0.3 is 0 Å². The molecule has 138 valence electrons. The van der Waals surface area contributed by atoms with E-state index in [1.807, 2.05) is 0 Å². The molecule has 3 heterocycles. The highest BCUT2D eigenvalue weighted by Gasteiger charge is 2.21. The Bertz CT molecular complexity index is 1230. The number of fused-ring (bicyclic) bond motifs is 1. The van der Waals surface area contributed by atoms with Crippen LogP contribution in [0.4, 0.5) is 13.2 Å². The van der Waals surface area contributed by atoms with E-state index < -0.39 is 35.0 Å². The standard InChI is InChI=1S/C16H9ClF3N5OS/c1-24-6-22-13-14(24)23-12(4-8-9(19)2-7(18)3-10(8)20)25(15(13)26)16-21-5-11(17)27-16/h2-3,5-6H,4H2,1H3. The van der Waals surface area contributed by atoms with Crippen LogP contribution in [0.25, 0.3) is 16.3 Å². The van der Waals surface area contributed by atoms with Crippen LogP contribution in [-0.2, 0) is 13.5 Å². The highest BCUT2D eigenvalue weighted by atomic mass is 35.5. The zero-order valence-electron chi connectivity index (χ0n) is 13.6. The van der Waals surface area contributed by atoms with Crippen LogP contribution >= 0.6 is 22.9 Å². The molecule has 0 atom stereocenters. The molecule has 0 aliphatic carbocycles. The predicted octanol–water partition coefficient (Wildman–Crippen LogP) is 3.24. The average molecular weight is 412 g/mol. The highest BCUT2D eigenvalue weighted by molar-refractivity contribution is 7.18. The van der Waals surface area contributed by atoms with Gasteiger partial charge in [0.25, 0.3) is 5.56 Å². The SMILES string of the molecule is Cn1cnc2c(=O)n(-c3ncc(Cl)s3)c(Cc3c(F)cc(F)cc3F)nc21. The second-order valence-corrected chi connectivity index (χ2v) is 7.31. The van der Waals surface area contributed by atoms with Gasteiger partial charge in [0, 0.05) is 31.2 Å². The van der Waals surface area contributed by atoms with E-state index in [2.05, 4.69) is 15.0 Å². The first-order valence-electron chi connectivity index (χ1n) is 7.53. The van der Waals surface area contributed by atoms with Crippen LogP contribution in [0.15, 0.2) is 29.5 Å². The van der Waals surface area contributed by atoms with Gasteiger partial charge in [-0.25, -0.2) is 32.7 Å². The first-order valence-corrected chi connectivity index (χ1v) is 8.72. The molecule has 0 amide bonds. The average Bonchev–Trinajstić information content (AvgIpc) is 3.17. The smallest absolute Gasteiger partial charge is 0.288 e. The summed E-state index contributed by atoms with van der Waals surface area (Å²) < 4.78 is 44.4. The van der Waals surface area contributed by atoms with Gasteiger partial charge in [-0.1, -0.05) is 22.9 Å². The van der Waals surface area contributed by atoms with Crippen molar-refractivity contribution in [2.24, 2.45) is 7.05 Å². The Morgan fingerprint density at radius 1 is 1.19 bits per heavy atom. The minimum Gasteiger partial charge on any atom is -0.318 e. The van der Waals surface area contributed by atoms with Gasteiger partial charge in [-0.3, -0.25) is 4.79 Å². The van der Waals surface area contributed by atoms with Crippen molar-refractivity contribution < 1.29 is 13.2 Å². The molecule has 0 spiro atoms. The lowest BCUT2D eigenvalue weighted by Gasteiger charge is -2.11. The molecule has 4 aromatic rings. The van der Waals surface area contributed by atoms with E-state index in [0.717, 1.165) is 15.9 Å². The first-order chi connectivity index (χ1) is 12.8. The quantitative estimate of drug-likeness (QED) is 0.519. The van der Waals surface area contributed by atoms with E-state index in [9.17, 15) is 18.0 Å².